The molecule has 0 unspecified atom stereocenters. The van der Waals surface area contributed by atoms with E-state index in [-0.39, 0.29) is 17.2 Å². The zero-order valence-electron chi connectivity index (χ0n) is 12.5. The van der Waals surface area contributed by atoms with Gasteiger partial charge < -0.3 is 4.74 Å². The van der Waals surface area contributed by atoms with Crippen molar-refractivity contribution in [2.75, 3.05) is 6.61 Å². The van der Waals surface area contributed by atoms with E-state index >= 15 is 0 Å². The molecule has 0 saturated carbocycles. The summed E-state index contributed by atoms with van der Waals surface area (Å²) in [5, 5.41) is 0.595. The Labute approximate surface area is 157 Å². The highest BCUT2D eigenvalue weighted by Gasteiger charge is 2.10. The Hall–Kier alpha value is -1.76. The van der Waals surface area contributed by atoms with Crippen LogP contribution in [-0.2, 0) is 4.79 Å². The molecular formula is C16H13BrCl2N2O3. The summed E-state index contributed by atoms with van der Waals surface area (Å²) in [4.78, 5) is 23.6. The number of hydrogen-bond donors (Lipinski definition) is 2. The second-order valence-corrected chi connectivity index (χ2v) is 6.52. The number of carbonyl (C=O) groups excluding carboxylic acids is 2. The second kappa shape index (κ2) is 8.37. The maximum Gasteiger partial charge on any atom is 0.276 e. The minimum Gasteiger partial charge on any atom is -0.483 e. The molecule has 0 radical (unpaired) electrons. The summed E-state index contributed by atoms with van der Waals surface area (Å²) < 4.78 is 6.12. The van der Waals surface area contributed by atoms with E-state index in [9.17, 15) is 9.59 Å². The monoisotopic (exact) mass is 430 g/mol. The van der Waals surface area contributed by atoms with Gasteiger partial charge in [-0.15, -0.1) is 0 Å². The van der Waals surface area contributed by atoms with Crippen LogP contribution in [-0.4, -0.2) is 18.4 Å². The lowest BCUT2D eigenvalue weighted by atomic mass is 10.2. The van der Waals surface area contributed by atoms with Crippen LogP contribution < -0.4 is 15.6 Å². The van der Waals surface area contributed by atoms with Gasteiger partial charge in [-0.05, 0) is 58.7 Å². The molecule has 2 rings (SSSR count). The summed E-state index contributed by atoms with van der Waals surface area (Å²) in [6.07, 6.45) is 0. The van der Waals surface area contributed by atoms with Crippen molar-refractivity contribution in [1.29, 1.82) is 0 Å². The first-order valence-electron chi connectivity index (χ1n) is 6.80. The third kappa shape index (κ3) is 5.12. The molecule has 0 saturated heterocycles. The van der Waals surface area contributed by atoms with E-state index in [1.165, 1.54) is 18.2 Å². The van der Waals surface area contributed by atoms with Crippen molar-refractivity contribution in [3.05, 3.63) is 62.0 Å². The smallest absolute Gasteiger partial charge is 0.276 e. The molecule has 24 heavy (non-hydrogen) atoms. The number of hydrazine groups is 1. The van der Waals surface area contributed by atoms with Crippen molar-refractivity contribution in [3.63, 3.8) is 0 Å². The van der Waals surface area contributed by atoms with Crippen molar-refractivity contribution >= 4 is 50.9 Å². The van der Waals surface area contributed by atoms with Crippen LogP contribution in [0.1, 0.15) is 15.9 Å². The van der Waals surface area contributed by atoms with E-state index < -0.39 is 11.8 Å². The summed E-state index contributed by atoms with van der Waals surface area (Å²) in [5.41, 5.74) is 5.87. The predicted octanol–water partition coefficient (Wildman–Crippen LogP) is 3.90. The molecule has 0 aliphatic heterocycles. The number of amides is 2. The minimum absolute atomic E-state index is 0.247. The Morgan fingerprint density at radius 1 is 1.08 bits per heavy atom. The normalized spacial score (nSPS) is 10.2. The Morgan fingerprint density at radius 2 is 1.83 bits per heavy atom. The van der Waals surface area contributed by atoms with E-state index in [4.69, 9.17) is 27.9 Å². The molecule has 0 spiro atoms. The Kier molecular flexibility index (Phi) is 6.48. The lowest BCUT2D eigenvalue weighted by molar-refractivity contribution is -0.123. The molecule has 0 aliphatic carbocycles. The van der Waals surface area contributed by atoms with Crippen LogP contribution in [0, 0.1) is 6.92 Å². The van der Waals surface area contributed by atoms with Crippen molar-refractivity contribution in [2.45, 2.75) is 6.92 Å². The fourth-order valence-electron chi connectivity index (χ4n) is 1.74. The zero-order chi connectivity index (χ0) is 17.7. The molecule has 2 aromatic carbocycles. The van der Waals surface area contributed by atoms with Gasteiger partial charge >= 0.3 is 0 Å². The Balaban J connectivity index is 1.84. The average molecular weight is 432 g/mol. The van der Waals surface area contributed by atoms with Gasteiger partial charge in [-0.25, -0.2) is 0 Å². The number of carbonyl (C=O) groups is 2. The summed E-state index contributed by atoms with van der Waals surface area (Å²) in [5.74, 6) is -0.485. The van der Waals surface area contributed by atoms with E-state index in [0.29, 0.717) is 10.8 Å². The topological polar surface area (TPSA) is 67.4 Å². The number of aryl methyl sites for hydroxylation is 1. The van der Waals surface area contributed by atoms with Gasteiger partial charge in [0, 0.05) is 5.56 Å². The van der Waals surface area contributed by atoms with E-state index in [0.717, 1.165) is 10.0 Å². The first-order chi connectivity index (χ1) is 11.4. The average Bonchev–Trinajstić information content (AvgIpc) is 2.54. The Bertz CT molecular complexity index is 784. The molecular weight excluding hydrogens is 419 g/mol. The largest absolute Gasteiger partial charge is 0.483 e. The van der Waals surface area contributed by atoms with E-state index in [1.807, 2.05) is 19.1 Å². The van der Waals surface area contributed by atoms with E-state index in [1.54, 1.807) is 6.07 Å². The molecule has 0 heterocycles. The fourth-order valence-corrected chi connectivity index (χ4v) is 2.64. The number of nitrogens with one attached hydrogen (secondary N) is 2. The third-order valence-corrected chi connectivity index (χ3v) is 4.30. The maximum absolute atomic E-state index is 11.9. The highest BCUT2D eigenvalue weighted by atomic mass is 79.9. The highest BCUT2D eigenvalue weighted by molar-refractivity contribution is 9.10. The Morgan fingerprint density at radius 3 is 2.50 bits per heavy atom. The van der Waals surface area contributed by atoms with Crippen LogP contribution in [0.4, 0.5) is 0 Å². The summed E-state index contributed by atoms with van der Waals surface area (Å²) in [6, 6.07) is 9.89. The number of halogens is 3. The van der Waals surface area contributed by atoms with Crippen LogP contribution in [0.5, 0.6) is 5.75 Å². The van der Waals surface area contributed by atoms with Crippen LogP contribution in [0.25, 0.3) is 0 Å². The van der Waals surface area contributed by atoms with Crippen molar-refractivity contribution < 1.29 is 14.3 Å². The lowest BCUT2D eigenvalue weighted by Crippen LogP contribution is -2.43. The van der Waals surface area contributed by atoms with Crippen LogP contribution >= 0.6 is 39.1 Å². The summed E-state index contributed by atoms with van der Waals surface area (Å²) in [7, 11) is 0. The van der Waals surface area contributed by atoms with Gasteiger partial charge in [0.15, 0.2) is 6.61 Å². The number of hydrogen-bond acceptors (Lipinski definition) is 3. The molecule has 2 N–H and O–H groups in total. The quantitative estimate of drug-likeness (QED) is 0.721. The van der Waals surface area contributed by atoms with Gasteiger partial charge in [0.1, 0.15) is 5.75 Å². The molecule has 0 aromatic heterocycles. The molecule has 5 nitrogen and oxygen atoms in total. The molecule has 2 amide bonds. The van der Waals surface area contributed by atoms with Gasteiger partial charge in [0.2, 0.25) is 0 Å². The van der Waals surface area contributed by atoms with Crippen LogP contribution in [0.3, 0.4) is 0 Å². The van der Waals surface area contributed by atoms with Gasteiger partial charge in [0.05, 0.1) is 14.5 Å². The molecule has 8 heteroatoms. The number of ether oxygens (including phenoxy) is 1. The molecule has 0 atom stereocenters. The minimum atomic E-state index is -0.515. The molecule has 126 valence electrons. The zero-order valence-corrected chi connectivity index (χ0v) is 15.6. The fraction of sp³-hybridized carbons (Fsp3) is 0.125. The SMILES string of the molecule is Cc1ccc(OCC(=O)NNC(=O)c2ccc(Cl)c(Cl)c2)c(Br)c1. The van der Waals surface area contributed by atoms with E-state index in [2.05, 4.69) is 26.8 Å². The molecule has 2 aromatic rings. The van der Waals surface area contributed by atoms with Crippen LogP contribution in [0.2, 0.25) is 10.0 Å². The first-order valence-corrected chi connectivity index (χ1v) is 8.35. The van der Waals surface area contributed by atoms with Crippen molar-refractivity contribution in [1.82, 2.24) is 10.9 Å². The van der Waals surface area contributed by atoms with Crippen LogP contribution in [0.15, 0.2) is 40.9 Å². The number of benzene rings is 2. The summed E-state index contributed by atoms with van der Waals surface area (Å²) >= 11 is 15.0. The highest BCUT2D eigenvalue weighted by Crippen LogP contribution is 2.25. The van der Waals surface area contributed by atoms with Gasteiger partial charge in [-0.3, -0.25) is 20.4 Å². The third-order valence-electron chi connectivity index (χ3n) is 2.94. The number of rotatable bonds is 4. The van der Waals surface area contributed by atoms with Crippen molar-refractivity contribution in [2.24, 2.45) is 0 Å². The van der Waals surface area contributed by atoms with Crippen molar-refractivity contribution in [3.8, 4) is 5.75 Å². The van der Waals surface area contributed by atoms with Gasteiger partial charge in [-0.2, -0.15) is 0 Å². The van der Waals surface area contributed by atoms with Gasteiger partial charge in [0.25, 0.3) is 11.8 Å². The molecule has 0 aliphatic rings. The summed E-state index contributed by atoms with van der Waals surface area (Å²) in [6.45, 7) is 1.70. The molecule has 0 fully saturated rings. The maximum atomic E-state index is 11.9. The lowest BCUT2D eigenvalue weighted by Gasteiger charge is -2.10. The predicted molar refractivity (Wildman–Crippen MR) is 96.4 cm³/mol. The first kappa shape index (κ1) is 18.6. The second-order valence-electron chi connectivity index (χ2n) is 4.85. The molecule has 0 bridgehead atoms. The standard InChI is InChI=1S/C16H13BrCl2N2O3/c1-9-2-5-14(11(17)6-9)24-8-15(22)20-21-16(23)10-3-4-12(18)13(19)7-10/h2-7H,8H2,1H3,(H,20,22)(H,21,23). The van der Waals surface area contributed by atoms with Gasteiger partial charge in [-0.1, -0.05) is 29.3 Å².